The van der Waals surface area contributed by atoms with E-state index in [1.807, 2.05) is 13.8 Å². The van der Waals surface area contributed by atoms with E-state index in [-0.39, 0.29) is 11.9 Å². The molecule has 1 aliphatic heterocycles. The number of rotatable bonds is 2. The summed E-state index contributed by atoms with van der Waals surface area (Å²) in [6.07, 6.45) is 0.746. The third-order valence-electron chi connectivity index (χ3n) is 1.31. The lowest BCUT2D eigenvalue weighted by molar-refractivity contribution is -0.142. The highest BCUT2D eigenvalue weighted by Gasteiger charge is 2.51. The summed E-state index contributed by atoms with van der Waals surface area (Å²) in [6, 6.07) is 0. The number of carbonyl (C=O) groups excluding carboxylic acids is 1. The summed E-state index contributed by atoms with van der Waals surface area (Å²) in [5, 5.41) is 0. The monoisotopic (exact) mass is 142 g/mol. The molecule has 1 atom stereocenters. The Balaban J connectivity index is 2.30. The first kappa shape index (κ1) is 7.28. The van der Waals surface area contributed by atoms with Crippen LogP contribution in [0.1, 0.15) is 13.8 Å². The lowest BCUT2D eigenvalue weighted by Crippen LogP contribution is -2.10. The molecular formula is C7H10O3. The van der Waals surface area contributed by atoms with Crippen LogP contribution in [0.15, 0.2) is 12.7 Å². The molecule has 1 heterocycles. The molecule has 0 saturated carbocycles. The standard InChI is InChI=1S/C7H10O3/c1-4-5(8)9-6-7(2,3)10-6/h4,6H,1H2,2-3H3. The SMILES string of the molecule is C=CC(=O)OC1OC1(C)C. The molecule has 3 nitrogen and oxygen atoms in total. The zero-order chi connectivity index (χ0) is 7.78. The fourth-order valence-electron chi connectivity index (χ4n) is 0.561. The first-order valence-corrected chi connectivity index (χ1v) is 3.07. The molecule has 1 fully saturated rings. The predicted molar refractivity (Wildman–Crippen MR) is 35.2 cm³/mol. The van der Waals surface area contributed by atoms with Gasteiger partial charge in [0.25, 0.3) is 0 Å². The number of hydrogen-bond donors (Lipinski definition) is 0. The summed E-state index contributed by atoms with van der Waals surface area (Å²) in [7, 11) is 0. The van der Waals surface area contributed by atoms with Crippen molar-refractivity contribution in [2.45, 2.75) is 25.7 Å². The van der Waals surface area contributed by atoms with Crippen LogP contribution in [0.2, 0.25) is 0 Å². The predicted octanol–water partition coefficient (Wildman–Crippen LogP) is 0.850. The van der Waals surface area contributed by atoms with Crippen LogP contribution in [0.25, 0.3) is 0 Å². The fourth-order valence-corrected chi connectivity index (χ4v) is 0.561. The van der Waals surface area contributed by atoms with E-state index in [4.69, 9.17) is 9.47 Å². The van der Waals surface area contributed by atoms with Crippen LogP contribution >= 0.6 is 0 Å². The molecule has 1 unspecified atom stereocenters. The zero-order valence-corrected chi connectivity index (χ0v) is 6.09. The van der Waals surface area contributed by atoms with Crippen LogP contribution < -0.4 is 0 Å². The first-order chi connectivity index (χ1) is 4.56. The molecule has 0 bridgehead atoms. The van der Waals surface area contributed by atoms with E-state index in [2.05, 4.69) is 6.58 Å². The van der Waals surface area contributed by atoms with Crippen molar-refractivity contribution >= 4 is 5.97 Å². The van der Waals surface area contributed by atoms with Gasteiger partial charge in [-0.15, -0.1) is 0 Å². The average molecular weight is 142 g/mol. The maximum Gasteiger partial charge on any atom is 0.332 e. The average Bonchev–Trinajstić information content (AvgIpc) is 2.40. The van der Waals surface area contributed by atoms with Gasteiger partial charge in [-0.2, -0.15) is 0 Å². The van der Waals surface area contributed by atoms with Crippen molar-refractivity contribution in [2.24, 2.45) is 0 Å². The summed E-state index contributed by atoms with van der Waals surface area (Å²) in [5.74, 6) is -0.435. The Kier molecular flexibility index (Phi) is 1.52. The van der Waals surface area contributed by atoms with Crippen molar-refractivity contribution in [3.8, 4) is 0 Å². The first-order valence-electron chi connectivity index (χ1n) is 3.07. The van der Waals surface area contributed by atoms with Gasteiger partial charge >= 0.3 is 5.97 Å². The second-order valence-electron chi connectivity index (χ2n) is 2.69. The molecule has 0 aromatic heterocycles. The third kappa shape index (κ3) is 1.36. The van der Waals surface area contributed by atoms with Gasteiger partial charge in [-0.25, -0.2) is 4.79 Å². The van der Waals surface area contributed by atoms with E-state index in [1.165, 1.54) is 0 Å². The topological polar surface area (TPSA) is 38.8 Å². The van der Waals surface area contributed by atoms with Gasteiger partial charge < -0.3 is 9.47 Å². The summed E-state index contributed by atoms with van der Waals surface area (Å²) < 4.78 is 9.73. The van der Waals surface area contributed by atoms with E-state index in [9.17, 15) is 4.79 Å². The number of epoxide rings is 1. The summed E-state index contributed by atoms with van der Waals surface area (Å²) >= 11 is 0. The third-order valence-corrected chi connectivity index (χ3v) is 1.31. The molecule has 0 aliphatic carbocycles. The van der Waals surface area contributed by atoms with Crippen LogP contribution in [0.5, 0.6) is 0 Å². The molecule has 0 aromatic rings. The van der Waals surface area contributed by atoms with Crippen molar-refractivity contribution in [1.82, 2.24) is 0 Å². The molecule has 1 aliphatic rings. The molecule has 0 spiro atoms. The molecule has 0 radical (unpaired) electrons. The van der Waals surface area contributed by atoms with E-state index < -0.39 is 5.97 Å². The van der Waals surface area contributed by atoms with Crippen molar-refractivity contribution < 1.29 is 14.3 Å². The quantitative estimate of drug-likeness (QED) is 0.326. The molecule has 0 amide bonds. The van der Waals surface area contributed by atoms with Crippen LogP contribution in [-0.2, 0) is 14.3 Å². The van der Waals surface area contributed by atoms with Gasteiger partial charge in [-0.1, -0.05) is 6.58 Å². The summed E-state index contributed by atoms with van der Waals surface area (Å²) in [6.45, 7) is 6.97. The van der Waals surface area contributed by atoms with Gasteiger partial charge in [0.1, 0.15) is 5.60 Å². The molecule has 0 aromatic carbocycles. The van der Waals surface area contributed by atoms with Gasteiger partial charge in [0, 0.05) is 6.08 Å². The van der Waals surface area contributed by atoms with Gasteiger partial charge in [0.2, 0.25) is 6.29 Å². The highest BCUT2D eigenvalue weighted by Crippen LogP contribution is 2.35. The van der Waals surface area contributed by atoms with E-state index in [1.54, 1.807) is 0 Å². The van der Waals surface area contributed by atoms with Crippen LogP contribution in [0.3, 0.4) is 0 Å². The lowest BCUT2D eigenvalue weighted by atomic mass is 10.2. The maximum atomic E-state index is 10.5. The number of hydrogen-bond acceptors (Lipinski definition) is 3. The molecule has 0 N–H and O–H groups in total. The van der Waals surface area contributed by atoms with Crippen molar-refractivity contribution in [2.75, 3.05) is 0 Å². The molecule has 1 saturated heterocycles. The Bertz CT molecular complexity index is 172. The summed E-state index contributed by atoms with van der Waals surface area (Å²) in [4.78, 5) is 10.5. The number of ether oxygens (including phenoxy) is 2. The molecule has 56 valence electrons. The van der Waals surface area contributed by atoms with Crippen molar-refractivity contribution in [3.05, 3.63) is 12.7 Å². The highest BCUT2D eigenvalue weighted by atomic mass is 16.8. The minimum absolute atomic E-state index is 0.293. The summed E-state index contributed by atoms with van der Waals surface area (Å²) in [5.41, 5.74) is -0.293. The van der Waals surface area contributed by atoms with Crippen molar-refractivity contribution in [3.63, 3.8) is 0 Å². The van der Waals surface area contributed by atoms with Gasteiger partial charge in [0.15, 0.2) is 0 Å². The van der Waals surface area contributed by atoms with E-state index in [0.717, 1.165) is 6.08 Å². The van der Waals surface area contributed by atoms with Crippen LogP contribution in [-0.4, -0.2) is 17.9 Å². The van der Waals surface area contributed by atoms with Crippen LogP contribution in [0, 0.1) is 0 Å². The van der Waals surface area contributed by atoms with Gasteiger partial charge in [0.05, 0.1) is 0 Å². The Morgan fingerprint density at radius 3 is 2.60 bits per heavy atom. The smallest absolute Gasteiger partial charge is 0.332 e. The van der Waals surface area contributed by atoms with Gasteiger partial charge in [-0.05, 0) is 13.8 Å². The van der Waals surface area contributed by atoms with Crippen LogP contribution in [0.4, 0.5) is 0 Å². The minimum atomic E-state index is -0.435. The zero-order valence-electron chi connectivity index (χ0n) is 6.09. The Morgan fingerprint density at radius 1 is 1.80 bits per heavy atom. The largest absolute Gasteiger partial charge is 0.429 e. The Hall–Kier alpha value is -0.830. The highest BCUT2D eigenvalue weighted by molar-refractivity contribution is 5.81. The normalized spacial score (nSPS) is 27.2. The molecule has 10 heavy (non-hydrogen) atoms. The van der Waals surface area contributed by atoms with Crippen molar-refractivity contribution in [1.29, 1.82) is 0 Å². The number of esters is 1. The molecule has 1 rings (SSSR count). The number of carbonyl (C=O) groups is 1. The van der Waals surface area contributed by atoms with E-state index in [0.29, 0.717) is 0 Å². The maximum absolute atomic E-state index is 10.5. The minimum Gasteiger partial charge on any atom is -0.429 e. The van der Waals surface area contributed by atoms with Gasteiger partial charge in [-0.3, -0.25) is 0 Å². The second-order valence-corrected chi connectivity index (χ2v) is 2.69. The fraction of sp³-hybridized carbons (Fsp3) is 0.571. The lowest BCUT2D eigenvalue weighted by Gasteiger charge is -1.95. The Labute approximate surface area is 59.6 Å². The Morgan fingerprint density at radius 2 is 2.30 bits per heavy atom. The second kappa shape index (κ2) is 2.09. The molecule has 3 heteroatoms. The molecular weight excluding hydrogens is 132 g/mol. The van der Waals surface area contributed by atoms with E-state index >= 15 is 0 Å².